The molecule has 0 bridgehead atoms. The van der Waals surface area contributed by atoms with Gasteiger partial charge in [-0.3, -0.25) is 9.58 Å². The Morgan fingerprint density at radius 2 is 2.24 bits per heavy atom. The number of morpholine rings is 1. The molecule has 0 aromatic carbocycles. The lowest BCUT2D eigenvalue weighted by Gasteiger charge is -2.35. The van der Waals surface area contributed by atoms with E-state index < -0.39 is 0 Å². The Hall–Kier alpha value is -1.99. The van der Waals surface area contributed by atoms with Gasteiger partial charge in [0.2, 0.25) is 0 Å². The number of likely N-dealkylation sites (N-methyl/N-ethyl adjacent to an activating group) is 1. The van der Waals surface area contributed by atoms with Crippen LogP contribution in [0.1, 0.15) is 32.5 Å². The maximum absolute atomic E-state index is 5.99. The maximum Gasteiger partial charge on any atom is 0.151 e. The summed E-state index contributed by atoms with van der Waals surface area (Å²) in [4.78, 5) is 4.64. The van der Waals surface area contributed by atoms with Crippen LogP contribution < -0.4 is 4.90 Å². The van der Waals surface area contributed by atoms with Crippen molar-refractivity contribution in [1.29, 1.82) is 0 Å². The summed E-state index contributed by atoms with van der Waals surface area (Å²) >= 11 is 0. The number of anilines is 1. The normalized spacial score (nSPS) is 18.6. The molecule has 1 saturated heterocycles. The Bertz CT molecular complexity index is 644. The van der Waals surface area contributed by atoms with E-state index in [2.05, 4.69) is 58.1 Å². The maximum atomic E-state index is 5.99. The van der Waals surface area contributed by atoms with Crippen molar-refractivity contribution in [3.05, 3.63) is 36.3 Å². The Morgan fingerprint density at radius 1 is 1.36 bits per heavy atom. The molecule has 136 valence electrons. The van der Waals surface area contributed by atoms with Crippen molar-refractivity contribution in [2.24, 2.45) is 0 Å². The molecule has 7 heteroatoms. The molecule has 3 rings (SSSR count). The van der Waals surface area contributed by atoms with Gasteiger partial charge in [0.1, 0.15) is 0 Å². The molecular formula is C18H28N6O. The average molecular weight is 344 g/mol. The average Bonchev–Trinajstić information content (AvgIpc) is 3.09. The smallest absolute Gasteiger partial charge is 0.151 e. The van der Waals surface area contributed by atoms with Crippen LogP contribution in [0.15, 0.2) is 30.6 Å². The molecule has 0 unspecified atom stereocenters. The molecule has 3 heterocycles. The fourth-order valence-electron chi connectivity index (χ4n) is 3.11. The number of nitrogens with zero attached hydrogens (tertiary/aromatic N) is 6. The second kappa shape index (κ2) is 8.40. The molecule has 0 N–H and O–H groups in total. The first-order chi connectivity index (χ1) is 12.2. The van der Waals surface area contributed by atoms with Crippen LogP contribution in [0, 0.1) is 0 Å². The molecule has 0 amide bonds. The minimum atomic E-state index is 0.169. The highest BCUT2D eigenvalue weighted by Crippen LogP contribution is 2.14. The molecule has 1 aliphatic heterocycles. The number of ether oxygens (including phenoxy) is 1. The van der Waals surface area contributed by atoms with Crippen molar-refractivity contribution in [2.45, 2.75) is 39.5 Å². The molecule has 2 aromatic heterocycles. The third kappa shape index (κ3) is 4.76. The molecule has 0 saturated carbocycles. The largest absolute Gasteiger partial charge is 0.374 e. The van der Waals surface area contributed by atoms with Crippen molar-refractivity contribution in [3.63, 3.8) is 0 Å². The van der Waals surface area contributed by atoms with E-state index in [-0.39, 0.29) is 6.10 Å². The molecule has 0 radical (unpaired) electrons. The first-order valence-corrected chi connectivity index (χ1v) is 9.06. The third-order valence-corrected chi connectivity index (χ3v) is 4.49. The Labute approximate surface area is 149 Å². The number of aromatic nitrogens is 4. The van der Waals surface area contributed by atoms with Gasteiger partial charge in [-0.2, -0.15) is 10.2 Å². The van der Waals surface area contributed by atoms with E-state index in [1.807, 2.05) is 16.8 Å². The van der Waals surface area contributed by atoms with Crippen LogP contribution in [-0.4, -0.2) is 63.8 Å². The van der Waals surface area contributed by atoms with Gasteiger partial charge in [0.25, 0.3) is 0 Å². The molecule has 1 aliphatic rings. The van der Waals surface area contributed by atoms with Gasteiger partial charge in [0.15, 0.2) is 5.82 Å². The van der Waals surface area contributed by atoms with Crippen LogP contribution >= 0.6 is 0 Å². The van der Waals surface area contributed by atoms with Crippen LogP contribution in [0.2, 0.25) is 0 Å². The summed E-state index contributed by atoms with van der Waals surface area (Å²) in [5.41, 5.74) is 1.12. The van der Waals surface area contributed by atoms with E-state index in [1.165, 1.54) is 0 Å². The van der Waals surface area contributed by atoms with Gasteiger partial charge >= 0.3 is 0 Å². The molecule has 0 spiro atoms. The summed E-state index contributed by atoms with van der Waals surface area (Å²) in [7, 11) is 0. The van der Waals surface area contributed by atoms with Gasteiger partial charge in [0.05, 0.1) is 18.4 Å². The quantitative estimate of drug-likeness (QED) is 0.765. The van der Waals surface area contributed by atoms with Crippen LogP contribution in [0.3, 0.4) is 0 Å². The summed E-state index contributed by atoms with van der Waals surface area (Å²) in [6, 6.07) is 6.43. The van der Waals surface area contributed by atoms with Crippen LogP contribution in [0.5, 0.6) is 0 Å². The fraction of sp³-hybridized carbons (Fsp3) is 0.611. The second-order valence-corrected chi connectivity index (χ2v) is 6.73. The summed E-state index contributed by atoms with van der Waals surface area (Å²) in [5, 5.41) is 12.9. The third-order valence-electron chi connectivity index (χ3n) is 4.49. The summed E-state index contributed by atoms with van der Waals surface area (Å²) < 4.78 is 8.00. The van der Waals surface area contributed by atoms with Crippen molar-refractivity contribution >= 4 is 5.82 Å². The van der Waals surface area contributed by atoms with Gasteiger partial charge < -0.3 is 9.64 Å². The zero-order valence-corrected chi connectivity index (χ0v) is 15.4. The summed E-state index contributed by atoms with van der Waals surface area (Å²) in [6.07, 6.45) is 3.93. The summed E-state index contributed by atoms with van der Waals surface area (Å²) in [6.45, 7) is 11.6. The second-order valence-electron chi connectivity index (χ2n) is 6.73. The van der Waals surface area contributed by atoms with Crippen molar-refractivity contribution in [1.82, 2.24) is 24.9 Å². The van der Waals surface area contributed by atoms with Crippen LogP contribution in [0.4, 0.5) is 5.82 Å². The zero-order chi connectivity index (χ0) is 17.6. The minimum absolute atomic E-state index is 0.169. The zero-order valence-electron chi connectivity index (χ0n) is 15.4. The molecule has 1 atom stereocenters. The first-order valence-electron chi connectivity index (χ1n) is 9.06. The van der Waals surface area contributed by atoms with Crippen molar-refractivity contribution < 1.29 is 4.74 Å². The lowest BCUT2D eigenvalue weighted by Crippen LogP contribution is -2.47. The Kier molecular flexibility index (Phi) is 5.99. The van der Waals surface area contributed by atoms with E-state index in [0.29, 0.717) is 6.04 Å². The Morgan fingerprint density at radius 3 is 2.92 bits per heavy atom. The van der Waals surface area contributed by atoms with Crippen molar-refractivity contribution in [3.8, 4) is 0 Å². The molecule has 2 aromatic rings. The number of rotatable bonds is 7. The first kappa shape index (κ1) is 17.8. The van der Waals surface area contributed by atoms with E-state index in [1.54, 1.807) is 6.20 Å². The molecule has 25 heavy (non-hydrogen) atoms. The SMILES string of the molecule is CCN(C[C@H]1CN(Cc2ccn(C(C)C)n2)CCO1)c1cccnn1. The van der Waals surface area contributed by atoms with Gasteiger partial charge in [-0.25, -0.2) is 0 Å². The van der Waals surface area contributed by atoms with E-state index in [9.17, 15) is 0 Å². The highest BCUT2D eigenvalue weighted by molar-refractivity contribution is 5.36. The van der Waals surface area contributed by atoms with Crippen LogP contribution in [-0.2, 0) is 11.3 Å². The predicted molar refractivity (Wildman–Crippen MR) is 97.5 cm³/mol. The van der Waals surface area contributed by atoms with Gasteiger partial charge in [0, 0.05) is 51.2 Å². The van der Waals surface area contributed by atoms with Gasteiger partial charge in [-0.05, 0) is 39.0 Å². The highest BCUT2D eigenvalue weighted by Gasteiger charge is 2.23. The molecular weight excluding hydrogens is 316 g/mol. The van der Waals surface area contributed by atoms with E-state index in [4.69, 9.17) is 4.74 Å². The van der Waals surface area contributed by atoms with E-state index >= 15 is 0 Å². The molecule has 7 nitrogen and oxygen atoms in total. The molecule has 1 fully saturated rings. The lowest BCUT2D eigenvalue weighted by atomic mass is 10.2. The van der Waals surface area contributed by atoms with Crippen molar-refractivity contribution in [2.75, 3.05) is 37.7 Å². The standard InChI is InChI=1S/C18H28N6O/c1-4-23(18-6-5-8-19-20-18)14-17-13-22(10-11-25-17)12-16-7-9-24(21-16)15(2)3/h5-9,15,17H,4,10-14H2,1-3H3/t17-/m1/s1. The minimum Gasteiger partial charge on any atom is -0.374 e. The van der Waals surface area contributed by atoms with Crippen LogP contribution in [0.25, 0.3) is 0 Å². The predicted octanol–water partition coefficient (Wildman–Crippen LogP) is 1.98. The molecule has 0 aliphatic carbocycles. The number of hydrogen-bond acceptors (Lipinski definition) is 6. The van der Waals surface area contributed by atoms with E-state index in [0.717, 1.165) is 50.8 Å². The topological polar surface area (TPSA) is 59.3 Å². The Balaban J connectivity index is 1.57. The van der Waals surface area contributed by atoms with Gasteiger partial charge in [-0.15, -0.1) is 5.10 Å². The highest BCUT2D eigenvalue weighted by atomic mass is 16.5. The van der Waals surface area contributed by atoms with Gasteiger partial charge in [-0.1, -0.05) is 0 Å². The lowest BCUT2D eigenvalue weighted by molar-refractivity contribution is -0.0272. The number of hydrogen-bond donors (Lipinski definition) is 0. The fourth-order valence-corrected chi connectivity index (χ4v) is 3.11. The summed E-state index contributed by atoms with van der Waals surface area (Å²) in [5.74, 6) is 0.904. The monoisotopic (exact) mass is 344 g/mol.